The number of anilines is 1. The highest BCUT2D eigenvalue weighted by Crippen LogP contribution is 2.33. The van der Waals surface area contributed by atoms with E-state index in [1.54, 1.807) is 11.3 Å². The van der Waals surface area contributed by atoms with Crippen LogP contribution in [0.2, 0.25) is 0 Å². The van der Waals surface area contributed by atoms with Gasteiger partial charge in [-0.05, 0) is 30.0 Å². The minimum absolute atomic E-state index is 0.792. The fourth-order valence-electron chi connectivity index (χ4n) is 1.31. The Morgan fingerprint density at radius 1 is 1.50 bits per heavy atom. The van der Waals surface area contributed by atoms with Crippen molar-refractivity contribution in [2.24, 2.45) is 0 Å². The van der Waals surface area contributed by atoms with Gasteiger partial charge in [0.05, 0.1) is 5.69 Å². The lowest BCUT2D eigenvalue weighted by Crippen LogP contribution is -1.88. The first-order chi connectivity index (χ1) is 5.70. The fraction of sp³-hybridized carbons (Fsp3) is 0.111. The largest absolute Gasteiger partial charge is 0.397 e. The van der Waals surface area contributed by atoms with E-state index in [1.165, 1.54) is 10.3 Å². The molecule has 0 unspecified atom stereocenters. The summed E-state index contributed by atoms with van der Waals surface area (Å²) in [5, 5.41) is 3.19. The van der Waals surface area contributed by atoms with E-state index < -0.39 is 0 Å². The van der Waals surface area contributed by atoms with Gasteiger partial charge in [0.2, 0.25) is 0 Å². The highest BCUT2D eigenvalue weighted by molar-refractivity contribution is 7.80. The molecule has 0 saturated carbocycles. The molecule has 0 aliphatic carbocycles. The first-order valence-electron chi connectivity index (χ1n) is 3.65. The van der Waals surface area contributed by atoms with Crippen LogP contribution in [-0.2, 0) is 0 Å². The minimum atomic E-state index is 0.792. The molecule has 0 amide bonds. The molecule has 1 heterocycles. The van der Waals surface area contributed by atoms with Crippen molar-refractivity contribution in [3.63, 3.8) is 0 Å². The summed E-state index contributed by atoms with van der Waals surface area (Å²) in [6, 6.07) is 4.05. The van der Waals surface area contributed by atoms with Crippen molar-refractivity contribution >= 4 is 39.7 Å². The molecule has 0 radical (unpaired) electrons. The summed E-state index contributed by atoms with van der Waals surface area (Å²) in [4.78, 5) is 0.874. The third-order valence-electron chi connectivity index (χ3n) is 1.94. The predicted octanol–water partition coefficient (Wildman–Crippen LogP) is 3.08. The van der Waals surface area contributed by atoms with Gasteiger partial charge >= 0.3 is 0 Å². The molecule has 1 nitrogen and oxygen atoms in total. The van der Waals surface area contributed by atoms with Gasteiger partial charge in [-0.3, -0.25) is 0 Å². The minimum Gasteiger partial charge on any atom is -0.397 e. The number of thiophene rings is 1. The summed E-state index contributed by atoms with van der Waals surface area (Å²) in [6.07, 6.45) is 0. The molecule has 0 bridgehead atoms. The first-order valence-corrected chi connectivity index (χ1v) is 4.98. The van der Waals surface area contributed by atoms with Crippen molar-refractivity contribution in [1.29, 1.82) is 0 Å². The first kappa shape index (κ1) is 7.95. The van der Waals surface area contributed by atoms with E-state index in [9.17, 15) is 0 Å². The number of aryl methyl sites for hydroxylation is 1. The van der Waals surface area contributed by atoms with Crippen LogP contribution in [0.1, 0.15) is 5.56 Å². The molecule has 2 rings (SSSR count). The summed E-state index contributed by atoms with van der Waals surface area (Å²) >= 11 is 6.02. The Kier molecular flexibility index (Phi) is 1.77. The molecule has 2 N–H and O–H groups in total. The lowest BCUT2D eigenvalue weighted by molar-refractivity contribution is 1.44. The van der Waals surface area contributed by atoms with Crippen molar-refractivity contribution < 1.29 is 0 Å². The molecule has 0 aliphatic rings. The Hall–Kier alpha value is -0.670. The SMILES string of the molecule is Cc1cc(S)c(N)c2ccsc12. The van der Waals surface area contributed by atoms with E-state index >= 15 is 0 Å². The molecule has 62 valence electrons. The zero-order valence-corrected chi connectivity index (χ0v) is 8.38. The molecule has 2 aromatic rings. The standard InChI is InChI=1S/C9H9NS2/c1-5-4-7(11)8(10)6-2-3-12-9(5)6/h2-4,11H,10H2,1H3. The normalized spacial score (nSPS) is 10.8. The van der Waals surface area contributed by atoms with E-state index in [2.05, 4.69) is 24.9 Å². The zero-order valence-electron chi connectivity index (χ0n) is 6.66. The Labute approximate surface area is 80.6 Å². The van der Waals surface area contributed by atoms with Gasteiger partial charge in [-0.25, -0.2) is 0 Å². The summed E-state index contributed by atoms with van der Waals surface area (Å²) in [5.41, 5.74) is 7.90. The van der Waals surface area contributed by atoms with Gasteiger partial charge in [0, 0.05) is 15.0 Å². The number of thiol groups is 1. The van der Waals surface area contributed by atoms with Crippen LogP contribution in [0.4, 0.5) is 5.69 Å². The van der Waals surface area contributed by atoms with E-state index in [1.807, 2.05) is 12.1 Å². The van der Waals surface area contributed by atoms with Crippen LogP contribution in [0.3, 0.4) is 0 Å². The quantitative estimate of drug-likeness (QED) is 0.490. The number of hydrogen-bond donors (Lipinski definition) is 2. The van der Waals surface area contributed by atoms with E-state index in [0.29, 0.717) is 0 Å². The second-order valence-corrected chi connectivity index (χ2v) is 4.19. The molecule has 12 heavy (non-hydrogen) atoms. The molecule has 1 aromatic carbocycles. The molecule has 0 fully saturated rings. The topological polar surface area (TPSA) is 26.0 Å². The van der Waals surface area contributed by atoms with E-state index in [4.69, 9.17) is 5.73 Å². The summed E-state index contributed by atoms with van der Waals surface area (Å²) in [6.45, 7) is 2.08. The smallest absolute Gasteiger partial charge is 0.0538 e. The van der Waals surface area contributed by atoms with Gasteiger partial charge in [0.25, 0.3) is 0 Å². The van der Waals surface area contributed by atoms with Gasteiger partial charge in [-0.15, -0.1) is 24.0 Å². The van der Waals surface area contributed by atoms with Crippen molar-refractivity contribution in [3.8, 4) is 0 Å². The molecule has 1 aromatic heterocycles. The molecule has 0 aliphatic heterocycles. The molecular formula is C9H9NS2. The van der Waals surface area contributed by atoms with Crippen LogP contribution < -0.4 is 5.73 Å². The van der Waals surface area contributed by atoms with Gasteiger partial charge < -0.3 is 5.73 Å². The number of fused-ring (bicyclic) bond motifs is 1. The van der Waals surface area contributed by atoms with Crippen LogP contribution in [0.15, 0.2) is 22.4 Å². The highest BCUT2D eigenvalue weighted by Gasteiger charge is 2.05. The average molecular weight is 195 g/mol. The Balaban J connectivity index is 2.97. The Bertz CT molecular complexity index is 431. The molecule has 3 heteroatoms. The molecule has 0 spiro atoms. The number of nitrogen functional groups attached to an aromatic ring is 1. The van der Waals surface area contributed by atoms with Gasteiger partial charge in [0.15, 0.2) is 0 Å². The molecular weight excluding hydrogens is 186 g/mol. The van der Waals surface area contributed by atoms with E-state index in [0.717, 1.165) is 16.0 Å². The van der Waals surface area contributed by atoms with Crippen LogP contribution in [-0.4, -0.2) is 0 Å². The number of benzene rings is 1. The number of rotatable bonds is 0. The molecule has 0 atom stereocenters. The van der Waals surface area contributed by atoms with Crippen LogP contribution in [0.5, 0.6) is 0 Å². The maximum absolute atomic E-state index is 5.86. The predicted molar refractivity (Wildman–Crippen MR) is 58.2 cm³/mol. The maximum Gasteiger partial charge on any atom is 0.0538 e. The van der Waals surface area contributed by atoms with Gasteiger partial charge in [-0.2, -0.15) is 0 Å². The van der Waals surface area contributed by atoms with Crippen molar-refractivity contribution in [2.75, 3.05) is 5.73 Å². The fourth-order valence-corrected chi connectivity index (χ4v) is 2.52. The van der Waals surface area contributed by atoms with Gasteiger partial charge in [-0.1, -0.05) is 0 Å². The second-order valence-electron chi connectivity index (χ2n) is 2.79. The monoisotopic (exact) mass is 195 g/mol. The van der Waals surface area contributed by atoms with Crippen LogP contribution >= 0.6 is 24.0 Å². The lowest BCUT2D eigenvalue weighted by atomic mass is 10.1. The Morgan fingerprint density at radius 3 is 3.00 bits per heavy atom. The second kappa shape index (κ2) is 2.68. The summed E-state index contributed by atoms with van der Waals surface area (Å²) in [7, 11) is 0. The van der Waals surface area contributed by atoms with Crippen molar-refractivity contribution in [2.45, 2.75) is 11.8 Å². The number of hydrogen-bond acceptors (Lipinski definition) is 3. The van der Waals surface area contributed by atoms with Crippen molar-refractivity contribution in [1.82, 2.24) is 0 Å². The summed E-state index contributed by atoms with van der Waals surface area (Å²) in [5.74, 6) is 0. The van der Waals surface area contributed by atoms with E-state index in [-0.39, 0.29) is 0 Å². The van der Waals surface area contributed by atoms with Gasteiger partial charge in [0.1, 0.15) is 0 Å². The van der Waals surface area contributed by atoms with Crippen LogP contribution in [0.25, 0.3) is 10.1 Å². The van der Waals surface area contributed by atoms with Crippen molar-refractivity contribution in [3.05, 3.63) is 23.1 Å². The van der Waals surface area contributed by atoms with Crippen LogP contribution in [0, 0.1) is 6.92 Å². The molecule has 0 saturated heterocycles. The highest BCUT2D eigenvalue weighted by atomic mass is 32.1. The summed E-state index contributed by atoms with van der Waals surface area (Å²) < 4.78 is 1.27. The number of nitrogens with two attached hydrogens (primary N) is 1. The lowest BCUT2D eigenvalue weighted by Gasteiger charge is -2.03. The average Bonchev–Trinajstić information content (AvgIpc) is 2.48. The zero-order chi connectivity index (χ0) is 8.72. The Morgan fingerprint density at radius 2 is 2.25 bits per heavy atom. The third kappa shape index (κ3) is 1.01. The third-order valence-corrected chi connectivity index (χ3v) is 3.36. The maximum atomic E-state index is 5.86.